The summed E-state index contributed by atoms with van der Waals surface area (Å²) in [6.07, 6.45) is 0. The Kier molecular flexibility index (Phi) is 4.15. The van der Waals surface area contributed by atoms with Crippen LogP contribution in [0.3, 0.4) is 0 Å². The topological polar surface area (TPSA) is 68.9 Å². The molecule has 0 saturated heterocycles. The van der Waals surface area contributed by atoms with Gasteiger partial charge < -0.3 is 0 Å². The van der Waals surface area contributed by atoms with Crippen LogP contribution in [0, 0.1) is 17.0 Å². The fourth-order valence-corrected chi connectivity index (χ4v) is 2.63. The summed E-state index contributed by atoms with van der Waals surface area (Å²) in [6, 6.07) is 11.8. The van der Waals surface area contributed by atoms with Crippen molar-refractivity contribution in [1.29, 1.82) is 0 Å². The fraction of sp³-hybridized carbons (Fsp3) is 0.125. The van der Waals surface area contributed by atoms with E-state index >= 15 is 0 Å². The summed E-state index contributed by atoms with van der Waals surface area (Å²) >= 11 is 12.1. The third-order valence-corrected chi connectivity index (χ3v) is 3.84. The Bertz CT molecular complexity index is 896. The highest BCUT2D eigenvalue weighted by atomic mass is 35.5. The van der Waals surface area contributed by atoms with E-state index in [-0.39, 0.29) is 5.69 Å². The van der Waals surface area contributed by atoms with Crippen molar-refractivity contribution in [1.82, 2.24) is 9.97 Å². The third-order valence-electron chi connectivity index (χ3n) is 3.42. The van der Waals surface area contributed by atoms with E-state index in [1.165, 1.54) is 12.1 Å². The zero-order valence-corrected chi connectivity index (χ0v) is 13.5. The van der Waals surface area contributed by atoms with Crippen molar-refractivity contribution >= 4 is 39.8 Å². The van der Waals surface area contributed by atoms with Gasteiger partial charge in [-0.15, -0.1) is 0 Å². The highest BCUT2D eigenvalue weighted by Gasteiger charge is 2.15. The lowest BCUT2D eigenvalue weighted by Crippen LogP contribution is -1.98. The lowest BCUT2D eigenvalue weighted by atomic mass is 10.1. The molecule has 0 radical (unpaired) electrons. The van der Waals surface area contributed by atoms with Gasteiger partial charge in [0.2, 0.25) is 0 Å². The number of benzene rings is 2. The Balaban J connectivity index is 2.18. The van der Waals surface area contributed by atoms with Crippen LogP contribution in [-0.2, 0) is 0 Å². The molecule has 0 unspecified atom stereocenters. The number of aromatic nitrogens is 2. The van der Waals surface area contributed by atoms with Crippen LogP contribution in [0.15, 0.2) is 42.5 Å². The Morgan fingerprint density at radius 3 is 2.39 bits per heavy atom. The normalized spacial score (nSPS) is 11.1. The van der Waals surface area contributed by atoms with Gasteiger partial charge in [-0.3, -0.25) is 10.1 Å². The molecule has 7 heteroatoms. The summed E-state index contributed by atoms with van der Waals surface area (Å²) in [7, 11) is 0. The molecule has 23 heavy (non-hydrogen) atoms. The van der Waals surface area contributed by atoms with Crippen molar-refractivity contribution in [3.05, 3.63) is 63.8 Å². The molecule has 0 fully saturated rings. The van der Waals surface area contributed by atoms with E-state index in [1.54, 1.807) is 12.1 Å². The summed E-state index contributed by atoms with van der Waals surface area (Å²) in [5, 5.41) is 11.5. The van der Waals surface area contributed by atoms with E-state index in [0.29, 0.717) is 17.1 Å². The second kappa shape index (κ2) is 6.10. The number of hydrogen-bond acceptors (Lipinski definition) is 4. The first-order valence-corrected chi connectivity index (χ1v) is 7.64. The molecular weight excluding hydrogens is 337 g/mol. The molecule has 0 atom stereocenters. The first kappa shape index (κ1) is 15.6. The maximum atomic E-state index is 10.7. The molecule has 1 aromatic heterocycles. The smallest absolute Gasteiger partial charge is 0.258 e. The maximum absolute atomic E-state index is 10.7. The zero-order chi connectivity index (χ0) is 16.6. The molecule has 116 valence electrons. The maximum Gasteiger partial charge on any atom is 0.269 e. The summed E-state index contributed by atoms with van der Waals surface area (Å²) < 4.78 is 0. The molecule has 2 aromatic carbocycles. The fourth-order valence-electron chi connectivity index (χ4n) is 2.29. The molecule has 1 heterocycles. The summed E-state index contributed by atoms with van der Waals surface area (Å²) in [6.45, 7) is 1.96. The Labute approximate surface area is 142 Å². The van der Waals surface area contributed by atoms with Crippen molar-refractivity contribution in [3.8, 4) is 11.4 Å². The number of fused-ring (bicyclic) bond motifs is 1. The Hall–Kier alpha value is -2.24. The van der Waals surface area contributed by atoms with Crippen molar-refractivity contribution in [2.24, 2.45) is 0 Å². The van der Waals surface area contributed by atoms with Gasteiger partial charge in [0, 0.05) is 23.1 Å². The molecule has 0 bridgehead atoms. The van der Waals surface area contributed by atoms with Crippen LogP contribution in [0.2, 0.25) is 0 Å². The minimum Gasteiger partial charge on any atom is -0.258 e. The van der Waals surface area contributed by atoms with Gasteiger partial charge in [0.1, 0.15) is 4.84 Å². The van der Waals surface area contributed by atoms with Crippen LogP contribution >= 0.6 is 23.2 Å². The number of hydrogen-bond donors (Lipinski definition) is 0. The van der Waals surface area contributed by atoms with E-state index < -0.39 is 9.76 Å². The van der Waals surface area contributed by atoms with Gasteiger partial charge in [0.05, 0.1) is 16.1 Å². The predicted molar refractivity (Wildman–Crippen MR) is 90.8 cm³/mol. The van der Waals surface area contributed by atoms with Gasteiger partial charge in [-0.2, -0.15) is 0 Å². The zero-order valence-electron chi connectivity index (χ0n) is 12.0. The number of nitro benzene ring substituents is 1. The number of nitro groups is 1. The lowest BCUT2D eigenvalue weighted by molar-refractivity contribution is -0.384. The number of rotatable bonds is 3. The average Bonchev–Trinajstić information content (AvgIpc) is 2.53. The van der Waals surface area contributed by atoms with Crippen LogP contribution < -0.4 is 0 Å². The molecular formula is C16H11Cl2N3O2. The van der Waals surface area contributed by atoms with Crippen molar-refractivity contribution in [3.63, 3.8) is 0 Å². The van der Waals surface area contributed by atoms with Gasteiger partial charge in [-0.05, 0) is 31.2 Å². The monoisotopic (exact) mass is 347 g/mol. The number of nitrogens with zero attached hydrogens (tertiary/aromatic N) is 3. The van der Waals surface area contributed by atoms with Crippen molar-refractivity contribution < 1.29 is 4.92 Å². The Morgan fingerprint density at radius 1 is 1.09 bits per heavy atom. The third kappa shape index (κ3) is 3.11. The van der Waals surface area contributed by atoms with Gasteiger partial charge in [-0.25, -0.2) is 9.97 Å². The minimum atomic E-state index is -0.793. The minimum absolute atomic E-state index is 0.0120. The molecule has 5 nitrogen and oxygen atoms in total. The average molecular weight is 348 g/mol. The summed E-state index contributed by atoms with van der Waals surface area (Å²) in [4.78, 5) is 18.4. The Morgan fingerprint density at radius 2 is 1.78 bits per heavy atom. The van der Waals surface area contributed by atoms with Crippen LogP contribution in [0.25, 0.3) is 22.3 Å². The first-order valence-electron chi connectivity index (χ1n) is 6.77. The van der Waals surface area contributed by atoms with Crippen molar-refractivity contribution in [2.45, 2.75) is 11.8 Å². The van der Waals surface area contributed by atoms with Gasteiger partial charge >= 0.3 is 0 Å². The second-order valence-corrected chi connectivity index (χ2v) is 6.15. The van der Waals surface area contributed by atoms with Crippen LogP contribution in [0.4, 0.5) is 5.69 Å². The second-order valence-electron chi connectivity index (χ2n) is 5.06. The molecule has 0 spiro atoms. The van der Waals surface area contributed by atoms with Crippen LogP contribution in [0.5, 0.6) is 0 Å². The largest absolute Gasteiger partial charge is 0.269 e. The van der Waals surface area contributed by atoms with Crippen LogP contribution in [-0.4, -0.2) is 14.9 Å². The molecule has 0 N–H and O–H groups in total. The summed E-state index contributed by atoms with van der Waals surface area (Å²) in [5.74, 6) is 0.428. The number of aryl methyl sites for hydroxylation is 1. The molecule has 0 aliphatic carbocycles. The lowest BCUT2D eigenvalue weighted by Gasteiger charge is -2.10. The molecule has 0 aliphatic rings. The van der Waals surface area contributed by atoms with E-state index in [1.807, 2.05) is 25.1 Å². The first-order chi connectivity index (χ1) is 11.0. The van der Waals surface area contributed by atoms with E-state index in [0.717, 1.165) is 16.5 Å². The number of non-ortho nitro benzene ring substituents is 1. The molecule has 0 aliphatic heterocycles. The molecule has 0 saturated carbocycles. The SMILES string of the molecule is Cc1ccc2nc(-c3ccc([N+](=O)[O-])cc3)nc(C(Cl)Cl)c2c1. The van der Waals surface area contributed by atoms with E-state index in [4.69, 9.17) is 23.2 Å². The molecule has 3 aromatic rings. The predicted octanol–water partition coefficient (Wildman–Crippen LogP) is 4.99. The van der Waals surface area contributed by atoms with Crippen molar-refractivity contribution in [2.75, 3.05) is 0 Å². The van der Waals surface area contributed by atoms with E-state index in [9.17, 15) is 10.1 Å². The van der Waals surface area contributed by atoms with Crippen LogP contribution in [0.1, 0.15) is 16.1 Å². The van der Waals surface area contributed by atoms with Gasteiger partial charge in [0.15, 0.2) is 5.82 Å². The quantitative estimate of drug-likeness (QED) is 0.380. The molecule has 3 rings (SSSR count). The van der Waals surface area contributed by atoms with Gasteiger partial charge in [0.25, 0.3) is 5.69 Å². The molecule has 0 amide bonds. The number of halogens is 2. The van der Waals surface area contributed by atoms with Gasteiger partial charge in [-0.1, -0.05) is 34.8 Å². The standard InChI is InChI=1S/C16H11Cl2N3O2/c1-9-2-7-13-12(8-9)14(15(17)18)20-16(19-13)10-3-5-11(6-4-10)21(22)23/h2-8,15H,1H3. The highest BCUT2D eigenvalue weighted by molar-refractivity contribution is 6.44. The highest BCUT2D eigenvalue weighted by Crippen LogP contribution is 2.32. The number of alkyl halides is 2. The summed E-state index contributed by atoms with van der Waals surface area (Å²) in [5.41, 5.74) is 2.97. The van der Waals surface area contributed by atoms with E-state index in [2.05, 4.69) is 9.97 Å².